The van der Waals surface area contributed by atoms with Crippen molar-refractivity contribution in [1.29, 1.82) is 0 Å². The van der Waals surface area contributed by atoms with Crippen LogP contribution in [0.1, 0.15) is 42.5 Å². The van der Waals surface area contributed by atoms with E-state index in [1.54, 1.807) is 30.3 Å². The van der Waals surface area contributed by atoms with E-state index >= 15 is 0 Å². The Balaban J connectivity index is 2.06. The van der Waals surface area contributed by atoms with Gasteiger partial charge in [-0.1, -0.05) is 19.1 Å². The molecule has 0 aromatic heterocycles. The number of aliphatic hydroxyl groups excluding tert-OH is 1. The van der Waals surface area contributed by atoms with Crippen LogP contribution >= 0.6 is 0 Å². The number of aliphatic hydroxyl groups is 1. The summed E-state index contributed by atoms with van der Waals surface area (Å²) in [5.74, 6) is -1.38. The van der Waals surface area contributed by atoms with Gasteiger partial charge in [0, 0.05) is 12.1 Å². The van der Waals surface area contributed by atoms with Crippen molar-refractivity contribution in [3.8, 4) is 5.75 Å². The molecule has 1 heterocycles. The molecule has 1 amide bonds. The molecule has 0 bridgehead atoms. The predicted octanol–water partition coefficient (Wildman–Crippen LogP) is 4.30. The number of ketones is 1. The monoisotopic (exact) mass is 454 g/mol. The summed E-state index contributed by atoms with van der Waals surface area (Å²) < 4.78 is 19.2. The van der Waals surface area contributed by atoms with E-state index in [0.29, 0.717) is 36.4 Å². The third-order valence-electron chi connectivity index (χ3n) is 5.66. The van der Waals surface area contributed by atoms with Crippen LogP contribution in [0.5, 0.6) is 5.75 Å². The van der Waals surface area contributed by atoms with Crippen molar-refractivity contribution in [2.45, 2.75) is 32.7 Å². The Morgan fingerprint density at radius 3 is 2.45 bits per heavy atom. The van der Waals surface area contributed by atoms with Crippen molar-refractivity contribution < 1.29 is 23.8 Å². The summed E-state index contributed by atoms with van der Waals surface area (Å²) in [5, 5.41) is 11.2. The fraction of sp³-hybridized carbons (Fsp3) is 0.385. The van der Waals surface area contributed by atoms with Crippen LogP contribution in [0.3, 0.4) is 0 Å². The highest BCUT2D eigenvalue weighted by Crippen LogP contribution is 2.40. The first-order valence-corrected chi connectivity index (χ1v) is 11.2. The predicted molar refractivity (Wildman–Crippen MR) is 126 cm³/mol. The van der Waals surface area contributed by atoms with E-state index in [0.717, 1.165) is 18.5 Å². The Kier molecular flexibility index (Phi) is 7.87. The number of nitrogens with zero attached hydrogens (tertiary/aromatic N) is 2. The zero-order chi connectivity index (χ0) is 24.1. The number of carbonyl (C=O) groups excluding carboxylic acids is 2. The molecule has 1 atom stereocenters. The highest BCUT2D eigenvalue weighted by molar-refractivity contribution is 6.46. The van der Waals surface area contributed by atoms with Crippen molar-refractivity contribution in [3.05, 3.63) is 70.5 Å². The topological polar surface area (TPSA) is 70.1 Å². The molecule has 1 saturated heterocycles. The maximum atomic E-state index is 13.6. The molecule has 0 spiro atoms. The SMILES string of the molecule is CCCOc1ccc(C(O)=C2C(=O)C(=O)N(CCCN(C)C)[C@@H]2c2ccc(F)cc2)c(C)c1. The molecular weight excluding hydrogens is 423 g/mol. The molecule has 0 unspecified atom stereocenters. The van der Waals surface area contributed by atoms with Crippen molar-refractivity contribution >= 4 is 17.4 Å². The molecule has 1 aliphatic heterocycles. The molecule has 0 aliphatic carbocycles. The van der Waals surface area contributed by atoms with Gasteiger partial charge in [-0.25, -0.2) is 4.39 Å². The van der Waals surface area contributed by atoms with Crippen LogP contribution in [0.2, 0.25) is 0 Å². The Labute approximate surface area is 194 Å². The number of benzene rings is 2. The van der Waals surface area contributed by atoms with E-state index in [2.05, 4.69) is 0 Å². The van der Waals surface area contributed by atoms with Crippen molar-refractivity contribution in [2.75, 3.05) is 33.8 Å². The number of carbonyl (C=O) groups is 2. The summed E-state index contributed by atoms with van der Waals surface area (Å²) in [6.45, 7) is 5.48. The molecule has 2 aromatic carbocycles. The third kappa shape index (κ3) is 5.42. The van der Waals surface area contributed by atoms with Gasteiger partial charge in [0.15, 0.2) is 0 Å². The minimum absolute atomic E-state index is 0.0155. The number of amides is 1. The summed E-state index contributed by atoms with van der Waals surface area (Å²) in [7, 11) is 3.87. The van der Waals surface area contributed by atoms with Crippen LogP contribution < -0.4 is 4.74 Å². The second kappa shape index (κ2) is 10.6. The molecule has 0 radical (unpaired) electrons. The summed E-state index contributed by atoms with van der Waals surface area (Å²) in [6, 6.07) is 10.1. The lowest BCUT2D eigenvalue weighted by Crippen LogP contribution is -2.32. The zero-order valence-corrected chi connectivity index (χ0v) is 19.6. The zero-order valence-electron chi connectivity index (χ0n) is 19.6. The molecular formula is C26H31FN2O4. The van der Waals surface area contributed by atoms with E-state index in [-0.39, 0.29) is 11.3 Å². The molecule has 176 valence electrons. The van der Waals surface area contributed by atoms with Gasteiger partial charge in [-0.05, 0) is 81.9 Å². The number of halogens is 1. The first-order valence-electron chi connectivity index (χ1n) is 11.2. The fourth-order valence-corrected chi connectivity index (χ4v) is 4.02. The van der Waals surface area contributed by atoms with E-state index in [4.69, 9.17) is 4.74 Å². The van der Waals surface area contributed by atoms with Crippen LogP contribution in [0.15, 0.2) is 48.0 Å². The third-order valence-corrected chi connectivity index (χ3v) is 5.66. The Bertz CT molecular complexity index is 1050. The van der Waals surface area contributed by atoms with Gasteiger partial charge in [-0.15, -0.1) is 0 Å². The summed E-state index contributed by atoms with van der Waals surface area (Å²) in [4.78, 5) is 29.5. The first-order chi connectivity index (χ1) is 15.7. The molecule has 1 aliphatic rings. The van der Waals surface area contributed by atoms with Crippen molar-refractivity contribution in [1.82, 2.24) is 9.80 Å². The average Bonchev–Trinajstić information content (AvgIpc) is 3.02. The van der Waals surface area contributed by atoms with Crippen LogP contribution in [0, 0.1) is 12.7 Å². The number of likely N-dealkylation sites (tertiary alicyclic amines) is 1. The van der Waals surface area contributed by atoms with Gasteiger partial charge >= 0.3 is 0 Å². The molecule has 2 aromatic rings. The normalized spacial score (nSPS) is 17.8. The number of hydrogen-bond acceptors (Lipinski definition) is 5. The first kappa shape index (κ1) is 24.5. The second-order valence-corrected chi connectivity index (χ2v) is 8.53. The second-order valence-electron chi connectivity index (χ2n) is 8.53. The molecule has 7 heteroatoms. The minimum atomic E-state index is -0.789. The fourth-order valence-electron chi connectivity index (χ4n) is 4.02. The van der Waals surface area contributed by atoms with E-state index in [1.165, 1.54) is 17.0 Å². The lowest BCUT2D eigenvalue weighted by atomic mass is 9.94. The largest absolute Gasteiger partial charge is 0.507 e. The molecule has 0 saturated carbocycles. The lowest BCUT2D eigenvalue weighted by molar-refractivity contribution is -0.139. The maximum Gasteiger partial charge on any atom is 0.295 e. The standard InChI is InChI=1S/C26H31FN2O4/c1-5-15-33-20-11-12-21(17(2)16-20)24(30)22-23(18-7-9-19(27)10-8-18)29(26(32)25(22)31)14-6-13-28(3)4/h7-12,16,23,30H,5-6,13-15H2,1-4H3/t23-/m1/s1. The highest BCUT2D eigenvalue weighted by atomic mass is 19.1. The average molecular weight is 455 g/mol. The minimum Gasteiger partial charge on any atom is -0.507 e. The maximum absolute atomic E-state index is 13.6. The van der Waals surface area contributed by atoms with Crippen molar-refractivity contribution in [2.24, 2.45) is 0 Å². The molecule has 6 nitrogen and oxygen atoms in total. The smallest absolute Gasteiger partial charge is 0.295 e. The van der Waals surface area contributed by atoms with E-state index in [9.17, 15) is 19.1 Å². The number of aryl methyl sites for hydroxylation is 1. The van der Waals surface area contributed by atoms with Crippen LogP contribution in [-0.2, 0) is 9.59 Å². The molecule has 1 fully saturated rings. The van der Waals surface area contributed by atoms with Gasteiger partial charge in [0.05, 0.1) is 18.2 Å². The summed E-state index contributed by atoms with van der Waals surface area (Å²) >= 11 is 0. The lowest BCUT2D eigenvalue weighted by Gasteiger charge is -2.26. The van der Waals surface area contributed by atoms with Crippen LogP contribution in [0.25, 0.3) is 5.76 Å². The Morgan fingerprint density at radius 1 is 1.15 bits per heavy atom. The van der Waals surface area contributed by atoms with Crippen molar-refractivity contribution in [3.63, 3.8) is 0 Å². The number of hydrogen-bond donors (Lipinski definition) is 1. The van der Waals surface area contributed by atoms with Gasteiger partial charge in [0.1, 0.15) is 17.3 Å². The van der Waals surface area contributed by atoms with Gasteiger partial charge < -0.3 is 19.6 Å². The molecule has 33 heavy (non-hydrogen) atoms. The number of ether oxygens (including phenoxy) is 1. The summed E-state index contributed by atoms with van der Waals surface area (Å²) in [6.07, 6.45) is 1.52. The Hall–Kier alpha value is -3.19. The number of rotatable bonds is 9. The number of Topliss-reactive ketones (excluding diaryl/α,β-unsaturated/α-hetero) is 1. The quantitative estimate of drug-likeness (QED) is 0.348. The summed E-state index contributed by atoms with van der Waals surface area (Å²) in [5.41, 5.74) is 1.76. The Morgan fingerprint density at radius 2 is 1.85 bits per heavy atom. The van der Waals surface area contributed by atoms with Crippen LogP contribution in [-0.4, -0.2) is 60.4 Å². The van der Waals surface area contributed by atoms with Gasteiger partial charge in [-0.3, -0.25) is 9.59 Å². The van der Waals surface area contributed by atoms with E-state index in [1.807, 2.05) is 32.8 Å². The van der Waals surface area contributed by atoms with Gasteiger partial charge in [0.25, 0.3) is 11.7 Å². The highest BCUT2D eigenvalue weighted by Gasteiger charge is 2.45. The van der Waals surface area contributed by atoms with Gasteiger partial charge in [-0.2, -0.15) is 0 Å². The van der Waals surface area contributed by atoms with Gasteiger partial charge in [0.2, 0.25) is 0 Å². The molecule has 3 rings (SSSR count). The molecule has 1 N–H and O–H groups in total. The van der Waals surface area contributed by atoms with Crippen LogP contribution in [0.4, 0.5) is 4.39 Å². The van der Waals surface area contributed by atoms with E-state index < -0.39 is 23.5 Å².